The van der Waals surface area contributed by atoms with Gasteiger partial charge in [0.2, 0.25) is 6.10 Å². The van der Waals surface area contributed by atoms with E-state index < -0.39 is 29.7 Å². The number of halogens is 3. The zero-order valence-electron chi connectivity index (χ0n) is 17.5. The van der Waals surface area contributed by atoms with Crippen LogP contribution in [0, 0.1) is 6.92 Å². The fourth-order valence-electron chi connectivity index (χ4n) is 3.04. The van der Waals surface area contributed by atoms with E-state index in [1.165, 1.54) is 18.5 Å². The van der Waals surface area contributed by atoms with E-state index in [1.54, 1.807) is 37.3 Å². The number of esters is 1. The first-order chi connectivity index (χ1) is 16.2. The molecule has 1 unspecified atom stereocenters. The lowest BCUT2D eigenvalue weighted by Gasteiger charge is -2.18. The number of hydrogen-bond donors (Lipinski definition) is 2. The summed E-state index contributed by atoms with van der Waals surface area (Å²) in [6.07, 6.45) is -4.69. The van der Waals surface area contributed by atoms with E-state index in [0.717, 1.165) is 23.5 Å². The third kappa shape index (κ3) is 5.12. The van der Waals surface area contributed by atoms with Crippen molar-refractivity contribution < 1.29 is 27.5 Å². The van der Waals surface area contributed by atoms with E-state index >= 15 is 0 Å². The number of H-pyrrole nitrogens is 1. The molecule has 2 aromatic heterocycles. The summed E-state index contributed by atoms with van der Waals surface area (Å²) < 4.78 is 44.6. The quantitative estimate of drug-likeness (QED) is 0.379. The molecular weight excluding hydrogens is 471 g/mol. The summed E-state index contributed by atoms with van der Waals surface area (Å²) in [6, 6.07) is 12.3. The lowest BCUT2D eigenvalue weighted by Crippen LogP contribution is -2.26. The summed E-state index contributed by atoms with van der Waals surface area (Å²) >= 11 is 1.01. The van der Waals surface area contributed by atoms with Crippen LogP contribution in [0.1, 0.15) is 32.6 Å². The van der Waals surface area contributed by atoms with E-state index in [9.17, 15) is 22.8 Å². The minimum absolute atomic E-state index is 0.0848. The van der Waals surface area contributed by atoms with Crippen LogP contribution in [0.5, 0.6) is 0 Å². The Hall–Kier alpha value is -4.06. The topological polar surface area (TPSA) is 110 Å². The molecule has 2 aromatic carbocycles. The number of anilines is 1. The van der Waals surface area contributed by atoms with Gasteiger partial charge in [-0.25, -0.2) is 14.8 Å². The number of alkyl halides is 3. The largest absolute Gasteiger partial charge is 0.443 e. The van der Waals surface area contributed by atoms with Gasteiger partial charge in [0, 0.05) is 11.3 Å². The van der Waals surface area contributed by atoms with Crippen molar-refractivity contribution in [1.82, 2.24) is 20.2 Å². The number of nitrogens with zero attached hydrogens (tertiary/aromatic N) is 3. The molecule has 0 fully saturated rings. The standard InChI is InChI=1S/C22H16F3N5O3S/c1-12-17(34-20(28-12)18-26-11-27-30-18)21(32)33-16(13-6-3-2-4-7-13)19(31)29-15-9-5-8-14(10-15)22(23,24)25/h2-11,16H,1H3,(H,29,31)(H,26,27,30). The average molecular weight is 487 g/mol. The van der Waals surface area contributed by atoms with E-state index in [-0.39, 0.29) is 10.6 Å². The first kappa shape index (κ1) is 23.1. The zero-order valence-corrected chi connectivity index (χ0v) is 18.3. The van der Waals surface area contributed by atoms with Gasteiger partial charge in [0.05, 0.1) is 11.3 Å². The Kier molecular flexibility index (Phi) is 6.41. The normalized spacial score (nSPS) is 12.2. The Bertz CT molecular complexity index is 1310. The summed E-state index contributed by atoms with van der Waals surface area (Å²) in [5.74, 6) is -1.25. The van der Waals surface area contributed by atoms with Crippen LogP contribution >= 0.6 is 11.3 Å². The third-order valence-electron chi connectivity index (χ3n) is 4.62. The smallest absolute Gasteiger partial charge is 0.416 e. The van der Waals surface area contributed by atoms with Gasteiger partial charge in [-0.3, -0.25) is 9.89 Å². The second-order valence-corrected chi connectivity index (χ2v) is 8.03. The number of ether oxygens (including phenoxy) is 1. The predicted molar refractivity (Wildman–Crippen MR) is 117 cm³/mol. The Morgan fingerprint density at radius 1 is 1.12 bits per heavy atom. The molecule has 0 aliphatic rings. The van der Waals surface area contributed by atoms with Gasteiger partial charge in [0.1, 0.15) is 11.2 Å². The Morgan fingerprint density at radius 3 is 2.56 bits per heavy atom. The summed E-state index contributed by atoms with van der Waals surface area (Å²) in [5.41, 5.74) is -0.290. The maximum Gasteiger partial charge on any atom is 0.416 e. The molecule has 0 saturated carbocycles. The molecule has 12 heteroatoms. The molecule has 1 atom stereocenters. The van der Waals surface area contributed by atoms with Gasteiger partial charge in [0.15, 0.2) is 10.8 Å². The lowest BCUT2D eigenvalue weighted by atomic mass is 10.1. The Balaban J connectivity index is 1.59. The Labute approximate surface area is 194 Å². The van der Waals surface area contributed by atoms with Crippen LogP contribution < -0.4 is 5.32 Å². The number of aryl methyl sites for hydroxylation is 1. The molecular formula is C22H16F3N5O3S. The fourth-order valence-corrected chi connectivity index (χ4v) is 3.93. The highest BCUT2D eigenvalue weighted by Gasteiger charge is 2.32. The maximum absolute atomic E-state index is 13.0. The van der Waals surface area contributed by atoms with E-state index in [2.05, 4.69) is 25.5 Å². The minimum atomic E-state index is -4.57. The monoisotopic (exact) mass is 487 g/mol. The first-order valence-corrected chi connectivity index (χ1v) is 10.6. The molecule has 34 heavy (non-hydrogen) atoms. The number of hydrogen-bond acceptors (Lipinski definition) is 7. The molecule has 0 saturated heterocycles. The summed E-state index contributed by atoms with van der Waals surface area (Å²) in [7, 11) is 0. The molecule has 4 rings (SSSR count). The van der Waals surface area contributed by atoms with Gasteiger partial charge in [-0.15, -0.1) is 11.3 Å². The van der Waals surface area contributed by atoms with Crippen molar-refractivity contribution in [2.75, 3.05) is 5.32 Å². The van der Waals surface area contributed by atoms with Crippen molar-refractivity contribution in [3.63, 3.8) is 0 Å². The van der Waals surface area contributed by atoms with Crippen molar-refractivity contribution in [2.24, 2.45) is 0 Å². The maximum atomic E-state index is 13.0. The van der Waals surface area contributed by atoms with E-state index in [4.69, 9.17) is 4.74 Å². The van der Waals surface area contributed by atoms with Crippen molar-refractivity contribution in [1.29, 1.82) is 0 Å². The number of aromatic amines is 1. The summed E-state index contributed by atoms with van der Waals surface area (Å²) in [6.45, 7) is 1.60. The number of nitrogens with one attached hydrogen (secondary N) is 2. The van der Waals surface area contributed by atoms with Gasteiger partial charge in [-0.2, -0.15) is 18.3 Å². The summed E-state index contributed by atoms with van der Waals surface area (Å²) in [4.78, 5) is 34.4. The van der Waals surface area contributed by atoms with Crippen LogP contribution in [-0.2, 0) is 15.7 Å². The highest BCUT2D eigenvalue weighted by atomic mass is 32.1. The van der Waals surface area contributed by atoms with E-state index in [0.29, 0.717) is 22.1 Å². The molecule has 174 valence electrons. The van der Waals surface area contributed by atoms with Crippen molar-refractivity contribution in [3.05, 3.63) is 82.6 Å². The number of amides is 1. The number of carbonyl (C=O) groups excluding carboxylic acids is 2. The molecule has 2 N–H and O–H groups in total. The van der Waals surface area contributed by atoms with Gasteiger partial charge in [0.25, 0.3) is 5.91 Å². The molecule has 0 aliphatic heterocycles. The van der Waals surface area contributed by atoms with Crippen molar-refractivity contribution >= 4 is 28.9 Å². The van der Waals surface area contributed by atoms with Gasteiger partial charge in [-0.05, 0) is 25.1 Å². The minimum Gasteiger partial charge on any atom is -0.443 e. The number of thiazole rings is 1. The van der Waals surface area contributed by atoms with Gasteiger partial charge < -0.3 is 10.1 Å². The van der Waals surface area contributed by atoms with Crippen LogP contribution in [0.15, 0.2) is 60.9 Å². The number of carbonyl (C=O) groups is 2. The van der Waals surface area contributed by atoms with Gasteiger partial charge in [-0.1, -0.05) is 36.4 Å². The van der Waals surface area contributed by atoms with Crippen LogP contribution in [0.4, 0.5) is 18.9 Å². The predicted octanol–water partition coefficient (Wildman–Crippen LogP) is 4.79. The zero-order chi connectivity index (χ0) is 24.3. The molecule has 0 radical (unpaired) electrons. The molecule has 2 heterocycles. The van der Waals surface area contributed by atoms with E-state index in [1.807, 2.05) is 0 Å². The average Bonchev–Trinajstić information content (AvgIpc) is 3.47. The Morgan fingerprint density at radius 2 is 1.88 bits per heavy atom. The highest BCUT2D eigenvalue weighted by molar-refractivity contribution is 7.16. The molecule has 0 spiro atoms. The lowest BCUT2D eigenvalue weighted by molar-refractivity contribution is -0.137. The SMILES string of the molecule is Cc1nc(-c2ncn[nH]2)sc1C(=O)OC(C(=O)Nc1cccc(C(F)(F)F)c1)c1ccccc1. The van der Waals surface area contributed by atoms with Crippen LogP contribution in [0.25, 0.3) is 10.8 Å². The molecule has 4 aromatic rings. The second-order valence-electron chi connectivity index (χ2n) is 7.03. The number of benzene rings is 2. The number of rotatable bonds is 6. The van der Waals surface area contributed by atoms with Crippen LogP contribution in [0.2, 0.25) is 0 Å². The van der Waals surface area contributed by atoms with Crippen LogP contribution in [0.3, 0.4) is 0 Å². The number of aromatic nitrogens is 4. The molecule has 0 aliphatic carbocycles. The molecule has 8 nitrogen and oxygen atoms in total. The first-order valence-electron chi connectivity index (χ1n) is 9.79. The van der Waals surface area contributed by atoms with Gasteiger partial charge >= 0.3 is 12.1 Å². The second kappa shape index (κ2) is 9.43. The highest BCUT2D eigenvalue weighted by Crippen LogP contribution is 2.32. The molecule has 0 bridgehead atoms. The summed E-state index contributed by atoms with van der Waals surface area (Å²) in [5, 5.41) is 9.21. The van der Waals surface area contributed by atoms with Crippen molar-refractivity contribution in [2.45, 2.75) is 19.2 Å². The third-order valence-corrected chi connectivity index (χ3v) is 5.77. The van der Waals surface area contributed by atoms with Crippen molar-refractivity contribution in [3.8, 4) is 10.8 Å². The van der Waals surface area contributed by atoms with Crippen LogP contribution in [-0.4, -0.2) is 32.0 Å². The molecule has 1 amide bonds. The fraction of sp³-hybridized carbons (Fsp3) is 0.136.